The van der Waals surface area contributed by atoms with Crippen molar-refractivity contribution in [2.45, 2.75) is 26.4 Å². The molecule has 0 bridgehead atoms. The molecule has 0 atom stereocenters. The summed E-state index contributed by atoms with van der Waals surface area (Å²) < 4.78 is 2.20. The van der Waals surface area contributed by atoms with Crippen LogP contribution < -0.4 is 5.32 Å². The first-order valence-electron chi connectivity index (χ1n) is 6.17. The van der Waals surface area contributed by atoms with Gasteiger partial charge >= 0.3 is 0 Å². The number of aromatic hydroxyl groups is 1. The van der Waals surface area contributed by atoms with Crippen LogP contribution in [0.15, 0.2) is 30.5 Å². The summed E-state index contributed by atoms with van der Waals surface area (Å²) >= 11 is 11.8. The lowest BCUT2D eigenvalue weighted by atomic mass is 10.3. The number of rotatable bonds is 5. The maximum Gasteiger partial charge on any atom is 0.152 e. The van der Waals surface area contributed by atoms with Gasteiger partial charge in [-0.2, -0.15) is 0 Å². The quantitative estimate of drug-likeness (QED) is 0.796. The highest BCUT2D eigenvalue weighted by Crippen LogP contribution is 2.34. The van der Waals surface area contributed by atoms with E-state index in [-0.39, 0.29) is 15.8 Å². The lowest BCUT2D eigenvalue weighted by molar-refractivity contribution is 0.476. The highest BCUT2D eigenvalue weighted by atomic mass is 35.5. The summed E-state index contributed by atoms with van der Waals surface area (Å²) in [5, 5.41) is 13.3. The maximum absolute atomic E-state index is 9.50. The molecule has 1 heterocycles. The van der Waals surface area contributed by atoms with E-state index >= 15 is 0 Å². The Hall–Kier alpha value is -1.32. The minimum Gasteiger partial charge on any atom is -0.505 e. The van der Waals surface area contributed by atoms with Crippen LogP contribution in [-0.2, 0) is 13.1 Å². The fourth-order valence-electron chi connectivity index (χ4n) is 1.93. The number of benzene rings is 1. The summed E-state index contributed by atoms with van der Waals surface area (Å²) in [6.45, 7) is 3.84. The molecule has 0 radical (unpaired) electrons. The van der Waals surface area contributed by atoms with Crippen molar-refractivity contribution in [2.75, 3.05) is 5.32 Å². The molecule has 102 valence electrons. The molecular formula is C14H16Cl2N2O. The normalized spacial score (nSPS) is 10.7. The largest absolute Gasteiger partial charge is 0.505 e. The third kappa shape index (κ3) is 3.37. The van der Waals surface area contributed by atoms with Gasteiger partial charge in [-0.15, -0.1) is 0 Å². The van der Waals surface area contributed by atoms with Crippen molar-refractivity contribution in [1.29, 1.82) is 0 Å². The van der Waals surface area contributed by atoms with Crippen LogP contribution in [0.2, 0.25) is 10.0 Å². The molecule has 2 aromatic rings. The van der Waals surface area contributed by atoms with E-state index in [0.29, 0.717) is 6.54 Å². The monoisotopic (exact) mass is 298 g/mol. The summed E-state index contributed by atoms with van der Waals surface area (Å²) in [6, 6.07) is 7.43. The van der Waals surface area contributed by atoms with Crippen molar-refractivity contribution >= 4 is 28.9 Å². The van der Waals surface area contributed by atoms with Gasteiger partial charge in [0, 0.05) is 24.1 Å². The Balaban J connectivity index is 2.08. The molecule has 1 aromatic heterocycles. The molecule has 2 N–H and O–H groups in total. The zero-order chi connectivity index (χ0) is 13.8. The predicted molar refractivity (Wildman–Crippen MR) is 80.2 cm³/mol. The lowest BCUT2D eigenvalue weighted by Gasteiger charge is -2.11. The van der Waals surface area contributed by atoms with E-state index in [4.69, 9.17) is 23.2 Å². The second kappa shape index (κ2) is 6.22. The second-order valence-electron chi connectivity index (χ2n) is 4.33. The Morgan fingerprint density at radius 3 is 2.58 bits per heavy atom. The molecule has 0 aliphatic rings. The molecule has 0 fully saturated rings. The molecule has 0 spiro atoms. The minimum atomic E-state index is -0.0803. The molecule has 0 aliphatic carbocycles. The topological polar surface area (TPSA) is 37.2 Å². The van der Waals surface area contributed by atoms with Gasteiger partial charge in [-0.1, -0.05) is 30.1 Å². The van der Waals surface area contributed by atoms with Gasteiger partial charge in [0.2, 0.25) is 0 Å². The molecule has 0 amide bonds. The van der Waals surface area contributed by atoms with Gasteiger partial charge < -0.3 is 15.0 Å². The van der Waals surface area contributed by atoms with Gasteiger partial charge in [-0.3, -0.25) is 0 Å². The maximum atomic E-state index is 9.50. The molecular weight excluding hydrogens is 283 g/mol. The van der Waals surface area contributed by atoms with Gasteiger partial charge in [0.1, 0.15) is 0 Å². The van der Waals surface area contributed by atoms with Gasteiger partial charge in [0.15, 0.2) is 5.75 Å². The molecule has 0 saturated carbocycles. The highest BCUT2D eigenvalue weighted by Gasteiger charge is 2.07. The SMILES string of the molecule is CCCn1cccc1CNc1cc(Cl)c(O)c(Cl)c1. The van der Waals surface area contributed by atoms with Gasteiger partial charge in [0.05, 0.1) is 16.6 Å². The number of anilines is 1. The number of hydrogen-bond acceptors (Lipinski definition) is 2. The van der Waals surface area contributed by atoms with Crippen molar-refractivity contribution in [2.24, 2.45) is 0 Å². The molecule has 3 nitrogen and oxygen atoms in total. The number of halogens is 2. The smallest absolute Gasteiger partial charge is 0.152 e. The number of aromatic nitrogens is 1. The van der Waals surface area contributed by atoms with E-state index < -0.39 is 0 Å². The van der Waals surface area contributed by atoms with Crippen molar-refractivity contribution in [1.82, 2.24) is 4.57 Å². The van der Waals surface area contributed by atoms with E-state index in [2.05, 4.69) is 29.1 Å². The molecule has 0 saturated heterocycles. The Morgan fingerprint density at radius 1 is 1.26 bits per heavy atom. The van der Waals surface area contributed by atoms with E-state index in [1.165, 1.54) is 5.69 Å². The highest BCUT2D eigenvalue weighted by molar-refractivity contribution is 6.37. The second-order valence-corrected chi connectivity index (χ2v) is 5.15. The summed E-state index contributed by atoms with van der Waals surface area (Å²) in [7, 11) is 0. The van der Waals surface area contributed by atoms with Crippen LogP contribution in [0, 0.1) is 0 Å². The molecule has 19 heavy (non-hydrogen) atoms. The molecule has 0 aliphatic heterocycles. The van der Waals surface area contributed by atoms with Crippen molar-refractivity contribution in [3.63, 3.8) is 0 Å². The summed E-state index contributed by atoms with van der Waals surface area (Å²) in [6.07, 6.45) is 3.16. The van der Waals surface area contributed by atoms with Crippen LogP contribution in [-0.4, -0.2) is 9.67 Å². The van der Waals surface area contributed by atoms with E-state index in [1.54, 1.807) is 12.1 Å². The number of nitrogens with zero attached hydrogens (tertiary/aromatic N) is 1. The number of aryl methyl sites for hydroxylation is 1. The Morgan fingerprint density at radius 2 is 1.95 bits per heavy atom. The summed E-state index contributed by atoms with van der Waals surface area (Å²) in [5.74, 6) is -0.0803. The third-order valence-corrected chi connectivity index (χ3v) is 3.45. The van der Waals surface area contributed by atoms with E-state index in [0.717, 1.165) is 18.7 Å². The average molecular weight is 299 g/mol. The zero-order valence-electron chi connectivity index (χ0n) is 10.7. The van der Waals surface area contributed by atoms with Crippen LogP contribution >= 0.6 is 23.2 Å². The van der Waals surface area contributed by atoms with Crippen LogP contribution in [0.5, 0.6) is 5.75 Å². The standard InChI is InChI=1S/C14H16Cl2N2O/c1-2-5-18-6-3-4-11(18)9-17-10-7-12(15)14(19)13(16)8-10/h3-4,6-8,17,19H,2,5,9H2,1H3. The Kier molecular flexibility index (Phi) is 4.61. The van der Waals surface area contributed by atoms with Crippen molar-refractivity contribution in [3.8, 4) is 5.75 Å². The average Bonchev–Trinajstić information content (AvgIpc) is 2.81. The fourth-order valence-corrected chi connectivity index (χ4v) is 2.42. The van der Waals surface area contributed by atoms with Crippen molar-refractivity contribution < 1.29 is 5.11 Å². The Bertz CT molecular complexity index is 543. The van der Waals surface area contributed by atoms with Crippen molar-refractivity contribution in [3.05, 3.63) is 46.2 Å². The first kappa shape index (κ1) is 14.1. The zero-order valence-corrected chi connectivity index (χ0v) is 12.2. The number of phenols is 1. The predicted octanol–water partition coefficient (Wildman–Crippen LogP) is 4.52. The molecule has 1 aromatic carbocycles. The minimum absolute atomic E-state index is 0.0803. The summed E-state index contributed by atoms with van der Waals surface area (Å²) in [5.41, 5.74) is 1.99. The molecule has 0 unspecified atom stereocenters. The van der Waals surface area contributed by atoms with Gasteiger partial charge in [0.25, 0.3) is 0 Å². The van der Waals surface area contributed by atoms with E-state index in [9.17, 15) is 5.11 Å². The first-order valence-corrected chi connectivity index (χ1v) is 6.93. The van der Waals surface area contributed by atoms with Crippen LogP contribution in [0.4, 0.5) is 5.69 Å². The van der Waals surface area contributed by atoms with Crippen LogP contribution in [0.25, 0.3) is 0 Å². The summed E-state index contributed by atoms with van der Waals surface area (Å²) in [4.78, 5) is 0. The fraction of sp³-hybridized carbons (Fsp3) is 0.286. The van der Waals surface area contributed by atoms with Crippen LogP contribution in [0.1, 0.15) is 19.0 Å². The third-order valence-electron chi connectivity index (χ3n) is 2.88. The van der Waals surface area contributed by atoms with Gasteiger partial charge in [-0.05, 0) is 30.7 Å². The van der Waals surface area contributed by atoms with E-state index in [1.807, 2.05) is 6.07 Å². The molecule has 5 heteroatoms. The van der Waals surface area contributed by atoms with Crippen LogP contribution in [0.3, 0.4) is 0 Å². The number of phenolic OH excluding ortho intramolecular Hbond substituents is 1. The van der Waals surface area contributed by atoms with Gasteiger partial charge in [-0.25, -0.2) is 0 Å². The molecule has 2 rings (SSSR count). The number of hydrogen-bond donors (Lipinski definition) is 2. The Labute approximate surface area is 122 Å². The first-order chi connectivity index (χ1) is 9.11. The lowest BCUT2D eigenvalue weighted by Crippen LogP contribution is -2.06. The number of nitrogens with one attached hydrogen (secondary N) is 1.